The van der Waals surface area contributed by atoms with E-state index in [1.54, 1.807) is 0 Å². The lowest BCUT2D eigenvalue weighted by atomic mass is 10.0. The molecule has 0 aromatic rings. The average Bonchev–Trinajstić information content (AvgIpc) is 2.90. The minimum Gasteiger partial charge on any atom is -0.465 e. The third-order valence-corrected chi connectivity index (χ3v) is 3.59. The number of likely N-dealkylation sites (N-methyl/N-ethyl adjacent to an activating group) is 1. The zero-order chi connectivity index (χ0) is 14.3. The first-order chi connectivity index (χ1) is 9.03. The highest BCUT2D eigenvalue weighted by Crippen LogP contribution is 2.16. The molecule has 2 unspecified atom stereocenters. The normalized spacial score (nSPS) is 22.5. The highest BCUT2D eigenvalue weighted by Gasteiger charge is 2.37. The molecule has 5 nitrogen and oxygen atoms in total. The van der Waals surface area contributed by atoms with Gasteiger partial charge < -0.3 is 14.8 Å². The molecule has 0 aromatic heterocycles. The molecule has 0 aliphatic carbocycles. The molecule has 0 amide bonds. The third kappa shape index (κ3) is 4.75. The lowest BCUT2D eigenvalue weighted by Gasteiger charge is -2.34. The van der Waals surface area contributed by atoms with Gasteiger partial charge >= 0.3 is 5.97 Å². The van der Waals surface area contributed by atoms with E-state index in [0.717, 1.165) is 32.6 Å². The van der Waals surface area contributed by atoms with E-state index < -0.39 is 5.54 Å². The Morgan fingerprint density at radius 2 is 2.26 bits per heavy atom. The summed E-state index contributed by atoms with van der Waals surface area (Å²) >= 11 is 0. The first kappa shape index (κ1) is 16.4. The van der Waals surface area contributed by atoms with Crippen molar-refractivity contribution >= 4 is 5.97 Å². The molecule has 1 N–H and O–H groups in total. The monoisotopic (exact) mass is 272 g/mol. The Morgan fingerprint density at radius 1 is 1.53 bits per heavy atom. The van der Waals surface area contributed by atoms with Crippen LogP contribution >= 0.6 is 0 Å². The maximum absolute atomic E-state index is 12.2. The molecule has 0 spiro atoms. The molecule has 19 heavy (non-hydrogen) atoms. The highest BCUT2D eigenvalue weighted by molar-refractivity contribution is 5.80. The molecule has 1 heterocycles. The number of hydrogen-bond donors (Lipinski definition) is 1. The SMILES string of the molecule is CCCNC(C)(CN(C)C1CCOC1)C(=O)OCC. The summed E-state index contributed by atoms with van der Waals surface area (Å²) in [6, 6.07) is 0.400. The Bertz CT molecular complexity index is 280. The largest absolute Gasteiger partial charge is 0.465 e. The Hall–Kier alpha value is -0.650. The summed E-state index contributed by atoms with van der Waals surface area (Å²) in [6.07, 6.45) is 2.02. The van der Waals surface area contributed by atoms with Crippen molar-refractivity contribution in [2.75, 3.05) is 40.0 Å². The highest BCUT2D eigenvalue weighted by atomic mass is 16.5. The summed E-state index contributed by atoms with van der Waals surface area (Å²) < 4.78 is 10.6. The minimum absolute atomic E-state index is 0.172. The van der Waals surface area contributed by atoms with Gasteiger partial charge in [-0.3, -0.25) is 9.69 Å². The summed E-state index contributed by atoms with van der Waals surface area (Å²) in [5.74, 6) is -0.172. The number of carbonyl (C=O) groups excluding carboxylic acids is 1. The van der Waals surface area contributed by atoms with E-state index in [-0.39, 0.29) is 5.97 Å². The summed E-state index contributed by atoms with van der Waals surface area (Å²) in [7, 11) is 2.05. The van der Waals surface area contributed by atoms with Crippen LogP contribution in [0.4, 0.5) is 0 Å². The van der Waals surface area contributed by atoms with Gasteiger partial charge in [-0.25, -0.2) is 0 Å². The van der Waals surface area contributed by atoms with Crippen LogP contribution in [0.2, 0.25) is 0 Å². The lowest BCUT2D eigenvalue weighted by Crippen LogP contribution is -2.58. The van der Waals surface area contributed by atoms with Gasteiger partial charge in [-0.2, -0.15) is 0 Å². The van der Waals surface area contributed by atoms with Gasteiger partial charge in [0.15, 0.2) is 0 Å². The molecule has 5 heteroatoms. The van der Waals surface area contributed by atoms with Gasteiger partial charge in [0.1, 0.15) is 5.54 Å². The van der Waals surface area contributed by atoms with Crippen LogP contribution in [0.25, 0.3) is 0 Å². The fraction of sp³-hybridized carbons (Fsp3) is 0.929. The number of hydrogen-bond acceptors (Lipinski definition) is 5. The summed E-state index contributed by atoms with van der Waals surface area (Å²) in [5.41, 5.74) is -0.649. The molecule has 1 fully saturated rings. The van der Waals surface area contributed by atoms with Crippen molar-refractivity contribution in [3.63, 3.8) is 0 Å². The molecule has 0 aromatic carbocycles. The van der Waals surface area contributed by atoms with Gasteiger partial charge in [-0.05, 0) is 40.3 Å². The smallest absolute Gasteiger partial charge is 0.327 e. The average molecular weight is 272 g/mol. The topological polar surface area (TPSA) is 50.8 Å². The standard InChI is InChI=1S/C14H28N2O3/c1-5-8-15-14(3,13(17)19-6-2)11-16(4)12-7-9-18-10-12/h12,15H,5-11H2,1-4H3. The van der Waals surface area contributed by atoms with Crippen LogP contribution in [0.3, 0.4) is 0 Å². The number of ether oxygens (including phenoxy) is 2. The molecule has 0 bridgehead atoms. The maximum atomic E-state index is 12.2. The van der Waals surface area contributed by atoms with E-state index in [2.05, 4.69) is 17.1 Å². The van der Waals surface area contributed by atoms with Crippen molar-refractivity contribution in [2.24, 2.45) is 0 Å². The van der Waals surface area contributed by atoms with Crippen molar-refractivity contribution < 1.29 is 14.3 Å². The number of nitrogens with zero attached hydrogens (tertiary/aromatic N) is 1. The van der Waals surface area contributed by atoms with Crippen molar-refractivity contribution in [2.45, 2.75) is 45.2 Å². The zero-order valence-electron chi connectivity index (χ0n) is 12.7. The number of esters is 1. The van der Waals surface area contributed by atoms with Crippen LogP contribution in [0.5, 0.6) is 0 Å². The minimum atomic E-state index is -0.649. The molecule has 2 atom stereocenters. The summed E-state index contributed by atoms with van der Waals surface area (Å²) in [6.45, 7) is 9.28. The quantitative estimate of drug-likeness (QED) is 0.669. The van der Waals surface area contributed by atoms with Crippen molar-refractivity contribution in [1.29, 1.82) is 0 Å². The predicted molar refractivity (Wildman–Crippen MR) is 75.2 cm³/mol. The lowest BCUT2D eigenvalue weighted by molar-refractivity contribution is -0.151. The molecule has 1 aliphatic heterocycles. The molecule has 1 rings (SSSR count). The molecular weight excluding hydrogens is 244 g/mol. The van der Waals surface area contributed by atoms with Crippen LogP contribution in [-0.4, -0.2) is 62.4 Å². The van der Waals surface area contributed by atoms with Crippen LogP contribution in [0.1, 0.15) is 33.6 Å². The Balaban J connectivity index is 2.63. The summed E-state index contributed by atoms with van der Waals surface area (Å²) in [5, 5.41) is 3.33. The van der Waals surface area contributed by atoms with E-state index in [0.29, 0.717) is 19.2 Å². The van der Waals surface area contributed by atoms with Gasteiger partial charge in [0.2, 0.25) is 0 Å². The van der Waals surface area contributed by atoms with Gasteiger partial charge in [0.05, 0.1) is 13.2 Å². The van der Waals surface area contributed by atoms with E-state index in [1.165, 1.54) is 0 Å². The van der Waals surface area contributed by atoms with E-state index in [1.807, 2.05) is 20.9 Å². The Kier molecular flexibility index (Phi) is 6.75. The zero-order valence-corrected chi connectivity index (χ0v) is 12.7. The molecule has 0 radical (unpaired) electrons. The fourth-order valence-corrected chi connectivity index (χ4v) is 2.38. The first-order valence-corrected chi connectivity index (χ1v) is 7.23. The van der Waals surface area contributed by atoms with Gasteiger partial charge in [0.25, 0.3) is 0 Å². The van der Waals surface area contributed by atoms with Crippen molar-refractivity contribution in [3.8, 4) is 0 Å². The van der Waals surface area contributed by atoms with Gasteiger partial charge in [0, 0.05) is 19.2 Å². The predicted octanol–water partition coefficient (Wildman–Crippen LogP) is 1.03. The van der Waals surface area contributed by atoms with E-state index >= 15 is 0 Å². The molecule has 1 aliphatic rings. The number of carbonyl (C=O) groups is 1. The second-order valence-electron chi connectivity index (χ2n) is 5.41. The number of nitrogens with one attached hydrogen (secondary N) is 1. The van der Waals surface area contributed by atoms with Crippen LogP contribution in [-0.2, 0) is 14.3 Å². The first-order valence-electron chi connectivity index (χ1n) is 7.23. The summed E-state index contributed by atoms with van der Waals surface area (Å²) in [4.78, 5) is 14.4. The number of rotatable bonds is 8. The van der Waals surface area contributed by atoms with Gasteiger partial charge in [-0.15, -0.1) is 0 Å². The fourth-order valence-electron chi connectivity index (χ4n) is 2.38. The van der Waals surface area contributed by atoms with E-state index in [9.17, 15) is 4.79 Å². The molecule has 112 valence electrons. The Morgan fingerprint density at radius 3 is 2.79 bits per heavy atom. The molecular formula is C14H28N2O3. The Labute approximate surface area is 116 Å². The van der Waals surface area contributed by atoms with Crippen LogP contribution < -0.4 is 5.32 Å². The van der Waals surface area contributed by atoms with Crippen molar-refractivity contribution in [1.82, 2.24) is 10.2 Å². The van der Waals surface area contributed by atoms with Crippen LogP contribution in [0.15, 0.2) is 0 Å². The second kappa shape index (κ2) is 7.82. The second-order valence-corrected chi connectivity index (χ2v) is 5.41. The molecule has 1 saturated heterocycles. The third-order valence-electron chi connectivity index (χ3n) is 3.59. The van der Waals surface area contributed by atoms with Crippen molar-refractivity contribution in [3.05, 3.63) is 0 Å². The van der Waals surface area contributed by atoms with Gasteiger partial charge in [-0.1, -0.05) is 6.92 Å². The van der Waals surface area contributed by atoms with E-state index in [4.69, 9.17) is 9.47 Å². The molecule has 0 saturated carbocycles. The van der Waals surface area contributed by atoms with Crippen LogP contribution in [0, 0.1) is 0 Å². The maximum Gasteiger partial charge on any atom is 0.327 e.